The van der Waals surface area contributed by atoms with Gasteiger partial charge in [-0.25, -0.2) is 0 Å². The van der Waals surface area contributed by atoms with Gasteiger partial charge in [-0.1, -0.05) is 39.3 Å². The first-order valence-electron chi connectivity index (χ1n) is 10.3. The van der Waals surface area contributed by atoms with E-state index >= 15 is 0 Å². The smallest absolute Gasteiger partial charge is 0.291 e. The molecule has 0 fully saturated rings. The highest BCUT2D eigenvalue weighted by atomic mass is 32.1. The maximum absolute atomic E-state index is 12.9. The molecular weight excluding hydrogens is 396 g/mol. The van der Waals surface area contributed by atoms with Crippen molar-refractivity contribution in [3.05, 3.63) is 52.5 Å². The number of nitrogens with zero attached hydrogens (tertiary/aromatic N) is 1. The van der Waals surface area contributed by atoms with Crippen molar-refractivity contribution in [2.75, 3.05) is 5.32 Å². The molecule has 1 aromatic heterocycles. The van der Waals surface area contributed by atoms with Crippen LogP contribution in [0.1, 0.15) is 73.0 Å². The van der Waals surface area contributed by atoms with Crippen LogP contribution in [0, 0.1) is 12.3 Å². The van der Waals surface area contributed by atoms with Crippen LogP contribution in [0.15, 0.2) is 33.8 Å². The first-order valence-corrected chi connectivity index (χ1v) is 10.8. The number of nitrogens with one attached hydrogen (secondary N) is 2. The van der Waals surface area contributed by atoms with Crippen LogP contribution in [0.5, 0.6) is 0 Å². The third kappa shape index (κ3) is 5.08. The Balaban J connectivity index is 1.84. The van der Waals surface area contributed by atoms with E-state index in [-0.39, 0.29) is 16.4 Å². The first kappa shape index (κ1) is 22.0. The number of furan rings is 1. The van der Waals surface area contributed by atoms with E-state index in [1.54, 1.807) is 0 Å². The molecule has 2 aromatic rings. The van der Waals surface area contributed by atoms with Crippen molar-refractivity contribution in [3.8, 4) is 0 Å². The average molecular weight is 427 g/mol. The number of fused-ring (bicyclic) bond motifs is 1. The number of carbonyl (C=O) groups is 1. The quantitative estimate of drug-likeness (QED) is 0.460. The average Bonchev–Trinajstić information content (AvgIpc) is 3.00. The molecular formula is C23H30N4O2S. The van der Waals surface area contributed by atoms with Crippen LogP contribution in [0.25, 0.3) is 0 Å². The second-order valence-corrected chi connectivity index (χ2v) is 9.10. The number of hydrogen-bond donors (Lipinski definition) is 3. The fraction of sp³-hybridized carbons (Fsp3) is 0.435. The molecule has 0 aliphatic heterocycles. The fourth-order valence-corrected chi connectivity index (χ4v) is 3.92. The Kier molecular flexibility index (Phi) is 6.61. The number of rotatable bonds is 6. The Morgan fingerprint density at radius 1 is 1.27 bits per heavy atom. The summed E-state index contributed by atoms with van der Waals surface area (Å²) in [6, 6.07) is 7.98. The Labute approximate surface area is 183 Å². The SMILES string of the molecule is CCCCc1ccc(NC(=O)c2oc3c(c2C)/C(=N\NC(N)=S)CC(C)(C)C3)cc1. The molecule has 30 heavy (non-hydrogen) atoms. The molecule has 3 rings (SSSR count). The van der Waals surface area contributed by atoms with Gasteiger partial charge in [0, 0.05) is 23.2 Å². The maximum atomic E-state index is 12.9. The normalized spacial score (nSPS) is 16.2. The van der Waals surface area contributed by atoms with Crippen molar-refractivity contribution in [1.82, 2.24) is 5.43 Å². The highest BCUT2D eigenvalue weighted by molar-refractivity contribution is 7.80. The van der Waals surface area contributed by atoms with Crippen molar-refractivity contribution in [3.63, 3.8) is 0 Å². The number of amides is 1. The minimum absolute atomic E-state index is 0.0455. The summed E-state index contributed by atoms with van der Waals surface area (Å²) in [4.78, 5) is 12.9. The van der Waals surface area contributed by atoms with E-state index in [1.807, 2.05) is 19.1 Å². The van der Waals surface area contributed by atoms with Gasteiger partial charge in [-0.3, -0.25) is 10.2 Å². The number of unbranched alkanes of at least 4 members (excludes halogenated alkanes) is 1. The Bertz CT molecular complexity index is 974. The molecule has 1 aliphatic carbocycles. The minimum atomic E-state index is -0.261. The van der Waals surface area contributed by atoms with E-state index in [1.165, 1.54) is 5.56 Å². The van der Waals surface area contributed by atoms with Crippen molar-refractivity contribution < 1.29 is 9.21 Å². The van der Waals surface area contributed by atoms with Crippen LogP contribution in [0.4, 0.5) is 5.69 Å². The van der Waals surface area contributed by atoms with Gasteiger partial charge in [-0.05, 0) is 61.5 Å². The zero-order valence-electron chi connectivity index (χ0n) is 18.1. The van der Waals surface area contributed by atoms with Crippen molar-refractivity contribution in [1.29, 1.82) is 0 Å². The molecule has 0 radical (unpaired) electrons. The van der Waals surface area contributed by atoms with Crippen LogP contribution >= 0.6 is 12.2 Å². The number of nitrogens with two attached hydrogens (primary N) is 1. The number of thiocarbonyl (C=S) groups is 1. The van der Waals surface area contributed by atoms with Crippen LogP contribution in [-0.4, -0.2) is 16.7 Å². The van der Waals surface area contributed by atoms with Crippen LogP contribution in [-0.2, 0) is 12.8 Å². The molecule has 0 unspecified atom stereocenters. The summed E-state index contributed by atoms with van der Waals surface area (Å²) in [7, 11) is 0. The lowest BCUT2D eigenvalue weighted by Gasteiger charge is -2.29. The molecule has 0 bridgehead atoms. The third-order valence-electron chi connectivity index (χ3n) is 5.33. The van der Waals surface area contributed by atoms with E-state index in [2.05, 4.69) is 48.7 Å². The molecule has 0 spiro atoms. The topological polar surface area (TPSA) is 92.6 Å². The van der Waals surface area contributed by atoms with Crippen LogP contribution in [0.3, 0.4) is 0 Å². The lowest BCUT2D eigenvalue weighted by Crippen LogP contribution is -2.31. The van der Waals surface area contributed by atoms with Gasteiger partial charge in [0.15, 0.2) is 10.9 Å². The van der Waals surface area contributed by atoms with Crippen LogP contribution < -0.4 is 16.5 Å². The molecule has 1 aliphatic rings. The summed E-state index contributed by atoms with van der Waals surface area (Å²) < 4.78 is 6.04. The van der Waals surface area contributed by atoms with Crippen molar-refractivity contribution in [2.45, 2.75) is 59.8 Å². The molecule has 7 heteroatoms. The summed E-state index contributed by atoms with van der Waals surface area (Å²) in [5.74, 6) is 0.825. The highest BCUT2D eigenvalue weighted by Crippen LogP contribution is 2.39. The van der Waals surface area contributed by atoms with E-state index < -0.39 is 0 Å². The zero-order chi connectivity index (χ0) is 21.9. The monoisotopic (exact) mass is 426 g/mol. The second kappa shape index (κ2) is 9.00. The second-order valence-electron chi connectivity index (χ2n) is 8.66. The van der Waals surface area contributed by atoms with E-state index in [0.717, 1.165) is 60.4 Å². The molecule has 1 aromatic carbocycles. The number of hydrogen-bond acceptors (Lipinski definition) is 4. The summed E-state index contributed by atoms with van der Waals surface area (Å²) in [5, 5.41) is 7.43. The number of carbonyl (C=O) groups excluding carboxylic acids is 1. The van der Waals surface area contributed by atoms with Crippen LogP contribution in [0.2, 0.25) is 0 Å². The number of anilines is 1. The van der Waals surface area contributed by atoms with Gasteiger partial charge < -0.3 is 15.5 Å². The third-order valence-corrected chi connectivity index (χ3v) is 5.42. The molecule has 4 N–H and O–H groups in total. The van der Waals surface area contributed by atoms with E-state index in [4.69, 9.17) is 22.4 Å². The lowest BCUT2D eigenvalue weighted by molar-refractivity contribution is 0.0993. The van der Waals surface area contributed by atoms with E-state index in [9.17, 15) is 4.79 Å². The van der Waals surface area contributed by atoms with Gasteiger partial charge in [0.25, 0.3) is 5.91 Å². The Hall–Kier alpha value is -2.67. The molecule has 1 amide bonds. The van der Waals surface area contributed by atoms with Gasteiger partial charge in [0.1, 0.15) is 5.76 Å². The molecule has 0 saturated heterocycles. The molecule has 0 saturated carbocycles. The standard InChI is InChI=1S/C23H30N4O2S/c1-5-6-7-15-8-10-16(11-9-15)25-21(28)20-14(2)19-17(26-27-22(24)30)12-23(3,4)13-18(19)29-20/h8-11H,5-7,12-13H2,1-4H3,(H,25,28)(H3,24,27,30)/b26-17-. The number of benzene rings is 1. The minimum Gasteiger partial charge on any atom is -0.455 e. The van der Waals surface area contributed by atoms with Gasteiger partial charge in [-0.15, -0.1) is 0 Å². The van der Waals surface area contributed by atoms with Gasteiger partial charge >= 0.3 is 0 Å². The predicted octanol–water partition coefficient (Wildman–Crippen LogP) is 4.69. The summed E-state index contributed by atoms with van der Waals surface area (Å²) in [6.07, 6.45) is 4.83. The summed E-state index contributed by atoms with van der Waals surface area (Å²) in [5.41, 5.74) is 12.6. The Morgan fingerprint density at radius 2 is 1.97 bits per heavy atom. The number of aryl methyl sites for hydroxylation is 1. The Morgan fingerprint density at radius 3 is 2.60 bits per heavy atom. The molecule has 0 atom stereocenters. The predicted molar refractivity (Wildman–Crippen MR) is 125 cm³/mol. The molecule has 6 nitrogen and oxygen atoms in total. The van der Waals surface area contributed by atoms with Crippen molar-refractivity contribution in [2.24, 2.45) is 16.3 Å². The van der Waals surface area contributed by atoms with Gasteiger partial charge in [-0.2, -0.15) is 5.10 Å². The summed E-state index contributed by atoms with van der Waals surface area (Å²) in [6.45, 7) is 8.35. The van der Waals surface area contributed by atoms with Gasteiger partial charge in [0.05, 0.1) is 5.71 Å². The van der Waals surface area contributed by atoms with Crippen molar-refractivity contribution >= 4 is 34.6 Å². The zero-order valence-corrected chi connectivity index (χ0v) is 18.9. The maximum Gasteiger partial charge on any atom is 0.291 e. The molecule has 1 heterocycles. The largest absolute Gasteiger partial charge is 0.455 e. The fourth-order valence-electron chi connectivity index (χ4n) is 3.87. The molecule has 160 valence electrons. The lowest BCUT2D eigenvalue weighted by atomic mass is 9.75. The van der Waals surface area contributed by atoms with E-state index in [0.29, 0.717) is 5.76 Å². The summed E-state index contributed by atoms with van der Waals surface area (Å²) >= 11 is 4.88. The first-order chi connectivity index (χ1) is 14.2. The number of hydrazone groups is 1. The highest BCUT2D eigenvalue weighted by Gasteiger charge is 2.36. The van der Waals surface area contributed by atoms with Gasteiger partial charge in [0.2, 0.25) is 0 Å².